The van der Waals surface area contributed by atoms with Gasteiger partial charge in [-0.2, -0.15) is 5.10 Å². The summed E-state index contributed by atoms with van der Waals surface area (Å²) in [6, 6.07) is 12.3. The molecule has 36 heavy (non-hydrogen) atoms. The number of carbonyl (C=O) groups excluding carboxylic acids is 3. The van der Waals surface area contributed by atoms with E-state index in [-0.39, 0.29) is 30.6 Å². The summed E-state index contributed by atoms with van der Waals surface area (Å²) in [7, 11) is 0. The Morgan fingerprint density at radius 2 is 1.83 bits per heavy atom. The SMILES string of the molecule is Cc1cc(C)n(CCN(C(=O)c2cccc(N3C(=O)CCC3=O)c2)c2nc3c(C)cc(Cl)cc3s2)n1. The molecule has 2 aromatic carbocycles. The van der Waals surface area contributed by atoms with Crippen LogP contribution in [0.1, 0.15) is 40.2 Å². The van der Waals surface area contributed by atoms with E-state index in [2.05, 4.69) is 5.10 Å². The first kappa shape index (κ1) is 24.1. The number of benzene rings is 2. The van der Waals surface area contributed by atoms with E-state index >= 15 is 0 Å². The van der Waals surface area contributed by atoms with Crippen LogP contribution < -0.4 is 9.80 Å². The first-order chi connectivity index (χ1) is 17.2. The fourth-order valence-electron chi connectivity index (χ4n) is 4.44. The molecule has 8 nitrogen and oxygen atoms in total. The predicted octanol–water partition coefficient (Wildman–Crippen LogP) is 5.07. The van der Waals surface area contributed by atoms with Crippen molar-refractivity contribution in [3.63, 3.8) is 0 Å². The third-order valence-corrected chi connectivity index (χ3v) is 7.40. The van der Waals surface area contributed by atoms with Crippen molar-refractivity contribution in [2.75, 3.05) is 16.3 Å². The number of aromatic nitrogens is 3. The van der Waals surface area contributed by atoms with Crippen LogP contribution in [0.4, 0.5) is 10.8 Å². The Morgan fingerprint density at radius 1 is 1.08 bits per heavy atom. The number of rotatable bonds is 6. The Balaban J connectivity index is 1.53. The first-order valence-corrected chi connectivity index (χ1v) is 12.8. The molecular weight excluding hydrogens is 498 g/mol. The quantitative estimate of drug-likeness (QED) is 0.330. The maximum Gasteiger partial charge on any atom is 0.260 e. The van der Waals surface area contributed by atoms with Gasteiger partial charge >= 0.3 is 0 Å². The Bertz CT molecular complexity index is 1510. The molecule has 10 heteroatoms. The van der Waals surface area contributed by atoms with E-state index in [9.17, 15) is 14.4 Å². The van der Waals surface area contributed by atoms with Crippen molar-refractivity contribution in [2.24, 2.45) is 0 Å². The molecule has 0 saturated carbocycles. The van der Waals surface area contributed by atoms with Gasteiger partial charge in [-0.3, -0.25) is 28.9 Å². The molecule has 0 bridgehead atoms. The van der Waals surface area contributed by atoms with E-state index < -0.39 is 0 Å². The molecular formula is C26H24ClN5O3S. The molecule has 0 aliphatic carbocycles. The Morgan fingerprint density at radius 3 is 2.53 bits per heavy atom. The number of aryl methyl sites for hydroxylation is 3. The van der Waals surface area contributed by atoms with Gasteiger partial charge in [-0.15, -0.1) is 0 Å². The number of hydrogen-bond acceptors (Lipinski definition) is 6. The van der Waals surface area contributed by atoms with Crippen molar-refractivity contribution in [3.05, 3.63) is 70.0 Å². The highest BCUT2D eigenvalue weighted by atomic mass is 35.5. The van der Waals surface area contributed by atoms with E-state index in [0.29, 0.717) is 34.5 Å². The highest BCUT2D eigenvalue weighted by Crippen LogP contribution is 2.34. The van der Waals surface area contributed by atoms with Crippen molar-refractivity contribution >= 4 is 61.7 Å². The molecule has 1 aliphatic heterocycles. The first-order valence-electron chi connectivity index (χ1n) is 11.6. The number of nitrogens with zero attached hydrogens (tertiary/aromatic N) is 5. The number of thiazole rings is 1. The van der Waals surface area contributed by atoms with Crippen LogP contribution in [0.2, 0.25) is 5.02 Å². The van der Waals surface area contributed by atoms with Gasteiger partial charge < -0.3 is 0 Å². The lowest BCUT2D eigenvalue weighted by atomic mass is 10.1. The van der Waals surface area contributed by atoms with Gasteiger partial charge in [0.05, 0.1) is 28.1 Å². The zero-order chi connectivity index (χ0) is 25.6. The highest BCUT2D eigenvalue weighted by molar-refractivity contribution is 7.22. The summed E-state index contributed by atoms with van der Waals surface area (Å²) < 4.78 is 2.75. The fourth-order valence-corrected chi connectivity index (χ4v) is 5.88. The van der Waals surface area contributed by atoms with Crippen molar-refractivity contribution in [3.8, 4) is 0 Å². The van der Waals surface area contributed by atoms with Crippen LogP contribution in [0.5, 0.6) is 0 Å². The second-order valence-electron chi connectivity index (χ2n) is 8.85. The summed E-state index contributed by atoms with van der Waals surface area (Å²) in [5.41, 5.74) is 4.40. The van der Waals surface area contributed by atoms with Crippen LogP contribution in [0, 0.1) is 20.8 Å². The van der Waals surface area contributed by atoms with E-state index in [1.54, 1.807) is 29.2 Å². The van der Waals surface area contributed by atoms with Gasteiger partial charge in [0.15, 0.2) is 5.13 Å². The molecule has 5 rings (SSSR count). The van der Waals surface area contributed by atoms with Gasteiger partial charge in [0, 0.05) is 35.7 Å². The molecule has 0 atom stereocenters. The number of hydrogen-bond donors (Lipinski definition) is 0. The number of halogens is 1. The van der Waals surface area contributed by atoms with Crippen LogP contribution in [-0.4, -0.2) is 39.0 Å². The lowest BCUT2D eigenvalue weighted by Crippen LogP contribution is -2.34. The van der Waals surface area contributed by atoms with E-state index in [1.807, 2.05) is 43.7 Å². The van der Waals surface area contributed by atoms with Crippen LogP contribution >= 0.6 is 22.9 Å². The zero-order valence-corrected chi connectivity index (χ0v) is 21.7. The lowest BCUT2D eigenvalue weighted by Gasteiger charge is -2.21. The average molecular weight is 522 g/mol. The maximum atomic E-state index is 13.9. The van der Waals surface area contributed by atoms with Gasteiger partial charge in [-0.25, -0.2) is 4.98 Å². The van der Waals surface area contributed by atoms with E-state index in [0.717, 1.165) is 32.1 Å². The van der Waals surface area contributed by atoms with Crippen molar-refractivity contribution < 1.29 is 14.4 Å². The minimum Gasteiger partial charge on any atom is -0.282 e. The molecule has 3 amide bonds. The summed E-state index contributed by atoms with van der Waals surface area (Å²) in [4.78, 5) is 45.9. The molecule has 0 N–H and O–H groups in total. The van der Waals surface area contributed by atoms with Crippen molar-refractivity contribution in [1.82, 2.24) is 14.8 Å². The Hall–Kier alpha value is -3.56. The topological polar surface area (TPSA) is 88.4 Å². The summed E-state index contributed by atoms with van der Waals surface area (Å²) in [5.74, 6) is -0.797. The molecule has 0 spiro atoms. The summed E-state index contributed by atoms with van der Waals surface area (Å²) in [5, 5.41) is 5.68. The third kappa shape index (κ3) is 4.52. The van der Waals surface area contributed by atoms with E-state index in [4.69, 9.17) is 16.6 Å². The smallest absolute Gasteiger partial charge is 0.260 e. The number of amides is 3. The van der Waals surface area contributed by atoms with Crippen LogP contribution in [0.3, 0.4) is 0 Å². The highest BCUT2D eigenvalue weighted by Gasteiger charge is 2.31. The van der Waals surface area contributed by atoms with Crippen molar-refractivity contribution in [1.29, 1.82) is 0 Å². The second kappa shape index (κ2) is 9.48. The van der Waals surface area contributed by atoms with Gasteiger partial charge in [-0.05, 0) is 62.7 Å². The molecule has 2 aromatic heterocycles. The van der Waals surface area contributed by atoms with E-state index in [1.165, 1.54) is 11.3 Å². The number of anilines is 2. The van der Waals surface area contributed by atoms with Crippen molar-refractivity contribution in [2.45, 2.75) is 40.2 Å². The lowest BCUT2D eigenvalue weighted by molar-refractivity contribution is -0.121. The fraction of sp³-hybridized carbons (Fsp3) is 0.269. The van der Waals surface area contributed by atoms with Gasteiger partial charge in [-0.1, -0.05) is 29.0 Å². The van der Waals surface area contributed by atoms with Gasteiger partial charge in [0.1, 0.15) is 0 Å². The normalized spacial score (nSPS) is 13.7. The molecule has 4 aromatic rings. The van der Waals surface area contributed by atoms with Gasteiger partial charge in [0.25, 0.3) is 5.91 Å². The molecule has 184 valence electrons. The Kier molecular flexibility index (Phi) is 6.36. The monoisotopic (exact) mass is 521 g/mol. The maximum absolute atomic E-state index is 13.9. The molecule has 3 heterocycles. The number of carbonyl (C=O) groups is 3. The van der Waals surface area contributed by atoms with Crippen LogP contribution in [0.15, 0.2) is 42.5 Å². The molecule has 0 unspecified atom stereocenters. The Labute approximate surface area is 217 Å². The average Bonchev–Trinajstić information content (AvgIpc) is 3.50. The van der Waals surface area contributed by atoms with Crippen LogP contribution in [-0.2, 0) is 16.1 Å². The van der Waals surface area contributed by atoms with Gasteiger partial charge in [0.2, 0.25) is 11.8 Å². The number of imide groups is 1. The zero-order valence-electron chi connectivity index (χ0n) is 20.1. The molecule has 1 saturated heterocycles. The summed E-state index contributed by atoms with van der Waals surface area (Å²) >= 11 is 7.66. The summed E-state index contributed by atoms with van der Waals surface area (Å²) in [6.07, 6.45) is 0.360. The minimum atomic E-state index is -0.278. The molecule has 1 aliphatic rings. The molecule has 0 radical (unpaired) electrons. The minimum absolute atomic E-state index is 0.180. The second-order valence-corrected chi connectivity index (χ2v) is 10.3. The third-order valence-electron chi connectivity index (χ3n) is 6.16. The standard InChI is InChI=1S/C26H24ClN5O3S/c1-15-11-19(27)14-21-24(15)28-26(36-21)30(9-10-31-17(3)12-16(2)29-31)25(35)18-5-4-6-20(13-18)32-22(33)7-8-23(32)34/h4-6,11-14H,7-10H2,1-3H3. The predicted molar refractivity (Wildman–Crippen MR) is 141 cm³/mol. The molecule has 1 fully saturated rings. The summed E-state index contributed by atoms with van der Waals surface area (Å²) in [6.45, 7) is 6.65. The largest absolute Gasteiger partial charge is 0.282 e. The number of fused-ring (bicyclic) bond motifs is 1. The van der Waals surface area contributed by atoms with Crippen LogP contribution in [0.25, 0.3) is 10.2 Å².